The molecule has 1 aliphatic rings. The van der Waals surface area contributed by atoms with Crippen molar-refractivity contribution < 1.29 is 14.3 Å². The van der Waals surface area contributed by atoms with Crippen LogP contribution in [0.3, 0.4) is 0 Å². The minimum Gasteiger partial charge on any atom is -0.453 e. The van der Waals surface area contributed by atoms with Crippen LogP contribution in [0.5, 0.6) is 0 Å². The molecule has 0 bridgehead atoms. The summed E-state index contributed by atoms with van der Waals surface area (Å²) >= 11 is 0. The van der Waals surface area contributed by atoms with Crippen LogP contribution in [0.4, 0.5) is 5.69 Å². The largest absolute Gasteiger partial charge is 0.453 e. The summed E-state index contributed by atoms with van der Waals surface area (Å²) in [6, 6.07) is 14.9. The van der Waals surface area contributed by atoms with E-state index in [1.807, 2.05) is 36.4 Å². The van der Waals surface area contributed by atoms with Gasteiger partial charge < -0.3 is 10.1 Å². The second kappa shape index (κ2) is 9.34. The summed E-state index contributed by atoms with van der Waals surface area (Å²) in [6.45, 7) is 3.61. The number of amides is 1. The number of ether oxygens (including phenoxy) is 1. The highest BCUT2D eigenvalue weighted by molar-refractivity contribution is 5.95. The number of aromatic nitrogens is 2. The molecule has 0 spiro atoms. The number of nitrogens with one attached hydrogen (secondary N) is 1. The molecular formula is C25H27N3O4. The summed E-state index contributed by atoms with van der Waals surface area (Å²) in [6.07, 6.45) is 2.19. The number of carbonyl (C=O) groups is 2. The zero-order valence-corrected chi connectivity index (χ0v) is 18.3. The van der Waals surface area contributed by atoms with Crippen LogP contribution >= 0.6 is 0 Å². The Morgan fingerprint density at radius 3 is 2.56 bits per heavy atom. The highest BCUT2D eigenvalue weighted by Gasteiger charge is 2.28. The van der Waals surface area contributed by atoms with Gasteiger partial charge in [0.15, 0.2) is 6.10 Å². The highest BCUT2D eigenvalue weighted by Crippen LogP contribution is 2.34. The second-order valence-electron chi connectivity index (χ2n) is 8.12. The lowest BCUT2D eigenvalue weighted by atomic mass is 10.1. The van der Waals surface area contributed by atoms with Crippen LogP contribution in [-0.2, 0) is 27.2 Å². The van der Waals surface area contributed by atoms with Gasteiger partial charge in [-0.3, -0.25) is 19.0 Å². The van der Waals surface area contributed by atoms with Crippen LogP contribution in [-0.4, -0.2) is 27.5 Å². The molecule has 4 rings (SSSR count). The van der Waals surface area contributed by atoms with Crippen LogP contribution in [0, 0.1) is 0 Å². The molecule has 0 radical (unpaired) electrons. The van der Waals surface area contributed by atoms with Crippen molar-refractivity contribution in [3.63, 3.8) is 0 Å². The normalized spacial score (nSPS) is 14.2. The van der Waals surface area contributed by atoms with Crippen LogP contribution in [0.2, 0.25) is 0 Å². The molecule has 1 fully saturated rings. The number of hydrogen-bond donors (Lipinski definition) is 1. The van der Waals surface area contributed by atoms with Gasteiger partial charge in [0.2, 0.25) is 0 Å². The van der Waals surface area contributed by atoms with E-state index < -0.39 is 12.1 Å². The maximum absolute atomic E-state index is 12.9. The quantitative estimate of drug-likeness (QED) is 0.546. The fourth-order valence-electron chi connectivity index (χ4n) is 3.67. The van der Waals surface area contributed by atoms with E-state index >= 15 is 0 Å². The Kier molecular flexibility index (Phi) is 6.35. The molecule has 1 amide bonds. The lowest BCUT2D eigenvalue weighted by Gasteiger charge is -2.15. The zero-order valence-electron chi connectivity index (χ0n) is 18.3. The van der Waals surface area contributed by atoms with Gasteiger partial charge in [-0.25, -0.2) is 4.98 Å². The smallest absolute Gasteiger partial charge is 0.307 e. The van der Waals surface area contributed by atoms with Gasteiger partial charge in [-0.2, -0.15) is 0 Å². The maximum Gasteiger partial charge on any atom is 0.307 e. The van der Waals surface area contributed by atoms with Crippen molar-refractivity contribution in [3.05, 3.63) is 70.3 Å². The van der Waals surface area contributed by atoms with Gasteiger partial charge in [-0.05, 0) is 56.0 Å². The number of esters is 1. The lowest BCUT2D eigenvalue weighted by Crippen LogP contribution is -2.30. The predicted molar refractivity (Wildman–Crippen MR) is 123 cm³/mol. The summed E-state index contributed by atoms with van der Waals surface area (Å²) in [4.78, 5) is 42.3. The fraction of sp³-hybridized carbons (Fsp3) is 0.360. The Morgan fingerprint density at radius 1 is 1.16 bits per heavy atom. The summed E-state index contributed by atoms with van der Waals surface area (Å²) in [5.41, 5.74) is 2.39. The first kappa shape index (κ1) is 21.7. The molecule has 1 aliphatic carbocycles. The van der Waals surface area contributed by atoms with Crippen molar-refractivity contribution in [1.29, 1.82) is 0 Å². The van der Waals surface area contributed by atoms with E-state index in [-0.39, 0.29) is 30.3 Å². The number of rotatable bonds is 8. The van der Waals surface area contributed by atoms with E-state index in [1.165, 1.54) is 5.56 Å². The van der Waals surface area contributed by atoms with Gasteiger partial charge in [0.05, 0.1) is 17.3 Å². The Bertz CT molecular complexity index is 1200. The molecule has 32 heavy (non-hydrogen) atoms. The monoisotopic (exact) mass is 433 g/mol. The SMILES string of the molecule is CCc1ccc(NC(=O)C(C)OC(=O)CCc2nc3ccccc3c(=O)n2C2CC2)cc1. The molecule has 1 aromatic heterocycles. The topological polar surface area (TPSA) is 90.3 Å². The van der Waals surface area contributed by atoms with Crippen molar-refractivity contribution >= 4 is 28.5 Å². The minimum absolute atomic E-state index is 0.0420. The Balaban J connectivity index is 1.38. The molecule has 7 heteroatoms. The van der Waals surface area contributed by atoms with E-state index in [2.05, 4.69) is 17.2 Å². The van der Waals surface area contributed by atoms with E-state index in [0.717, 1.165) is 19.3 Å². The molecule has 1 atom stereocenters. The standard InChI is InChI=1S/C25H27N3O4/c1-3-17-8-10-18(11-9-17)26-24(30)16(2)32-23(29)15-14-22-27-21-7-5-4-6-20(21)25(31)28(22)19-12-13-19/h4-11,16,19H,3,12-15H2,1-2H3,(H,26,30). The summed E-state index contributed by atoms with van der Waals surface area (Å²) in [5, 5.41) is 3.34. The molecule has 3 aromatic rings. The third-order valence-corrected chi connectivity index (χ3v) is 5.65. The molecule has 2 aromatic carbocycles. The number of fused-ring (bicyclic) bond motifs is 1. The summed E-state index contributed by atoms with van der Waals surface area (Å²) in [7, 11) is 0. The van der Waals surface area contributed by atoms with Crippen LogP contribution < -0.4 is 10.9 Å². The van der Waals surface area contributed by atoms with Crippen molar-refractivity contribution in [2.24, 2.45) is 0 Å². The third kappa shape index (κ3) is 4.88. The maximum atomic E-state index is 12.9. The number of anilines is 1. The average molecular weight is 434 g/mol. The van der Waals surface area contributed by atoms with Gasteiger partial charge in [0, 0.05) is 18.2 Å². The van der Waals surface area contributed by atoms with Gasteiger partial charge in [-0.1, -0.05) is 31.2 Å². The first-order valence-corrected chi connectivity index (χ1v) is 11.1. The Morgan fingerprint density at radius 2 is 1.88 bits per heavy atom. The van der Waals surface area contributed by atoms with Gasteiger partial charge in [0.25, 0.3) is 11.5 Å². The van der Waals surface area contributed by atoms with Gasteiger partial charge in [0.1, 0.15) is 5.82 Å². The van der Waals surface area contributed by atoms with Crippen molar-refractivity contribution in [1.82, 2.24) is 9.55 Å². The van der Waals surface area contributed by atoms with Crippen LogP contribution in [0.15, 0.2) is 53.3 Å². The van der Waals surface area contributed by atoms with Crippen LogP contribution in [0.1, 0.15) is 50.5 Å². The number of hydrogen-bond acceptors (Lipinski definition) is 5. The third-order valence-electron chi connectivity index (χ3n) is 5.65. The molecule has 7 nitrogen and oxygen atoms in total. The molecule has 0 saturated heterocycles. The average Bonchev–Trinajstić information content (AvgIpc) is 3.63. The van der Waals surface area contributed by atoms with Gasteiger partial charge >= 0.3 is 5.97 Å². The van der Waals surface area contributed by atoms with E-state index in [0.29, 0.717) is 22.4 Å². The Labute approximate surface area is 186 Å². The number of benzene rings is 2. The molecule has 1 N–H and O–H groups in total. The fourth-order valence-corrected chi connectivity index (χ4v) is 3.67. The van der Waals surface area contributed by atoms with E-state index in [1.54, 1.807) is 23.6 Å². The number of nitrogens with zero attached hydrogens (tertiary/aromatic N) is 2. The zero-order chi connectivity index (χ0) is 22.7. The molecule has 1 saturated carbocycles. The first-order chi connectivity index (χ1) is 15.5. The molecule has 166 valence electrons. The molecule has 1 unspecified atom stereocenters. The molecule has 1 heterocycles. The number of carbonyl (C=O) groups excluding carboxylic acids is 2. The second-order valence-corrected chi connectivity index (χ2v) is 8.12. The first-order valence-electron chi connectivity index (χ1n) is 11.1. The lowest BCUT2D eigenvalue weighted by molar-refractivity contribution is -0.153. The van der Waals surface area contributed by atoms with E-state index in [9.17, 15) is 14.4 Å². The molecular weight excluding hydrogens is 406 g/mol. The molecule has 0 aliphatic heterocycles. The van der Waals surface area contributed by atoms with Crippen molar-refractivity contribution in [2.75, 3.05) is 5.32 Å². The van der Waals surface area contributed by atoms with Crippen molar-refractivity contribution in [2.45, 2.75) is 58.1 Å². The highest BCUT2D eigenvalue weighted by atomic mass is 16.5. The van der Waals surface area contributed by atoms with Gasteiger partial charge in [-0.15, -0.1) is 0 Å². The Hall–Kier alpha value is -3.48. The number of para-hydroxylation sites is 1. The van der Waals surface area contributed by atoms with E-state index in [4.69, 9.17) is 4.74 Å². The number of aryl methyl sites for hydroxylation is 2. The predicted octanol–water partition coefficient (Wildman–Crippen LogP) is 3.80. The van der Waals surface area contributed by atoms with Crippen molar-refractivity contribution in [3.8, 4) is 0 Å². The summed E-state index contributed by atoms with van der Waals surface area (Å²) < 4.78 is 7.03. The summed E-state index contributed by atoms with van der Waals surface area (Å²) in [5.74, 6) is -0.304. The minimum atomic E-state index is -0.927. The van der Waals surface area contributed by atoms with Crippen LogP contribution in [0.25, 0.3) is 10.9 Å².